The number of aromatic amines is 1. The molecule has 0 saturated heterocycles. The van der Waals surface area contributed by atoms with Gasteiger partial charge in [-0.05, 0) is 31.0 Å². The maximum atomic E-state index is 12.3. The third-order valence-corrected chi connectivity index (χ3v) is 4.82. The van der Waals surface area contributed by atoms with Crippen LogP contribution in [-0.2, 0) is 17.9 Å². The van der Waals surface area contributed by atoms with E-state index in [-0.39, 0.29) is 23.6 Å². The van der Waals surface area contributed by atoms with Crippen LogP contribution in [-0.4, -0.2) is 32.7 Å². The van der Waals surface area contributed by atoms with Crippen molar-refractivity contribution in [2.75, 3.05) is 6.79 Å². The molecule has 1 atom stereocenters. The maximum Gasteiger partial charge on any atom is 0.343 e. The number of fused-ring (bicyclic) bond motifs is 1. The second-order valence-corrected chi connectivity index (χ2v) is 6.94. The molecule has 9 heteroatoms. The Morgan fingerprint density at radius 2 is 2.24 bits per heavy atom. The Morgan fingerprint density at radius 1 is 1.44 bits per heavy atom. The summed E-state index contributed by atoms with van der Waals surface area (Å²) in [5.41, 5.74) is 0.676. The Kier molecular flexibility index (Phi) is 5.32. The molecule has 1 amide bonds. The summed E-state index contributed by atoms with van der Waals surface area (Å²) < 4.78 is 12.1. The summed E-state index contributed by atoms with van der Waals surface area (Å²) >= 11 is 1.26. The molecule has 1 aromatic heterocycles. The lowest BCUT2D eigenvalue weighted by Gasteiger charge is -2.12. The molecule has 1 unspecified atom stereocenters. The zero-order valence-electron chi connectivity index (χ0n) is 14.1. The van der Waals surface area contributed by atoms with Gasteiger partial charge in [-0.2, -0.15) is 0 Å². The lowest BCUT2D eigenvalue weighted by Crippen LogP contribution is -2.30. The van der Waals surface area contributed by atoms with Crippen LogP contribution in [0.2, 0.25) is 0 Å². The highest BCUT2D eigenvalue weighted by molar-refractivity contribution is 8.00. The van der Waals surface area contributed by atoms with E-state index in [1.54, 1.807) is 11.5 Å². The van der Waals surface area contributed by atoms with Crippen molar-refractivity contribution >= 4 is 17.7 Å². The molecular weight excluding hydrogens is 344 g/mol. The largest absolute Gasteiger partial charge is 0.454 e. The van der Waals surface area contributed by atoms with Crippen molar-refractivity contribution in [3.63, 3.8) is 0 Å². The minimum Gasteiger partial charge on any atom is -0.454 e. The molecule has 0 fully saturated rings. The first kappa shape index (κ1) is 17.4. The fourth-order valence-electron chi connectivity index (χ4n) is 2.41. The first-order valence-corrected chi connectivity index (χ1v) is 8.94. The van der Waals surface area contributed by atoms with Gasteiger partial charge in [0, 0.05) is 13.1 Å². The van der Waals surface area contributed by atoms with Gasteiger partial charge in [0.2, 0.25) is 12.7 Å². The first-order valence-electron chi connectivity index (χ1n) is 8.06. The van der Waals surface area contributed by atoms with E-state index in [2.05, 4.69) is 15.5 Å². The number of benzene rings is 1. The van der Waals surface area contributed by atoms with Crippen LogP contribution in [0.25, 0.3) is 0 Å². The van der Waals surface area contributed by atoms with Crippen LogP contribution in [0.15, 0.2) is 28.2 Å². The summed E-state index contributed by atoms with van der Waals surface area (Å²) in [7, 11) is 0. The highest BCUT2D eigenvalue weighted by Gasteiger charge is 2.19. The Morgan fingerprint density at radius 3 is 3.04 bits per heavy atom. The van der Waals surface area contributed by atoms with Crippen molar-refractivity contribution < 1.29 is 14.3 Å². The van der Waals surface area contributed by atoms with Gasteiger partial charge in [-0.25, -0.2) is 9.89 Å². The van der Waals surface area contributed by atoms with Crippen molar-refractivity contribution in [2.24, 2.45) is 0 Å². The van der Waals surface area contributed by atoms with Crippen LogP contribution < -0.4 is 20.5 Å². The van der Waals surface area contributed by atoms with E-state index in [9.17, 15) is 9.59 Å². The smallest absolute Gasteiger partial charge is 0.343 e. The van der Waals surface area contributed by atoms with E-state index in [1.807, 2.05) is 25.1 Å². The molecule has 8 nitrogen and oxygen atoms in total. The summed E-state index contributed by atoms with van der Waals surface area (Å²) in [5, 5.41) is 9.46. The normalized spacial score (nSPS) is 13.7. The SMILES string of the molecule is CCCn1c(SC(C)C(=O)NCc2ccc3c(c2)OCO3)n[nH]c1=O. The zero-order valence-corrected chi connectivity index (χ0v) is 14.9. The topological polar surface area (TPSA) is 98.2 Å². The molecule has 0 radical (unpaired) electrons. The van der Waals surface area contributed by atoms with Crippen LogP contribution in [0.3, 0.4) is 0 Å². The molecule has 1 aromatic carbocycles. The number of amides is 1. The number of nitrogens with one attached hydrogen (secondary N) is 2. The predicted octanol–water partition coefficient (Wildman–Crippen LogP) is 1.51. The van der Waals surface area contributed by atoms with Gasteiger partial charge >= 0.3 is 5.69 Å². The monoisotopic (exact) mass is 364 g/mol. The predicted molar refractivity (Wildman–Crippen MR) is 92.9 cm³/mol. The number of nitrogens with zero attached hydrogens (tertiary/aromatic N) is 2. The van der Waals surface area contributed by atoms with Gasteiger partial charge in [0.25, 0.3) is 0 Å². The molecule has 1 aliphatic heterocycles. The van der Waals surface area contributed by atoms with Gasteiger partial charge < -0.3 is 14.8 Å². The molecule has 25 heavy (non-hydrogen) atoms. The Hall–Kier alpha value is -2.42. The van der Waals surface area contributed by atoms with Crippen LogP contribution in [0.5, 0.6) is 11.5 Å². The molecule has 2 heterocycles. The number of aromatic nitrogens is 3. The van der Waals surface area contributed by atoms with E-state index in [0.29, 0.717) is 29.7 Å². The molecule has 0 saturated carbocycles. The number of thioether (sulfide) groups is 1. The highest BCUT2D eigenvalue weighted by atomic mass is 32.2. The highest BCUT2D eigenvalue weighted by Crippen LogP contribution is 2.32. The van der Waals surface area contributed by atoms with Crippen LogP contribution in [0, 0.1) is 0 Å². The maximum absolute atomic E-state index is 12.3. The number of H-pyrrole nitrogens is 1. The number of carbonyl (C=O) groups excluding carboxylic acids is 1. The standard InChI is InChI=1S/C16H20N4O4S/c1-3-6-20-15(22)18-19-16(20)25-10(2)14(21)17-8-11-4-5-12-13(7-11)24-9-23-12/h4-5,7,10H,3,6,8-9H2,1-2H3,(H,17,21)(H,18,22). The third-order valence-electron chi connectivity index (χ3n) is 3.73. The molecule has 3 rings (SSSR count). The molecule has 0 aliphatic carbocycles. The van der Waals surface area contributed by atoms with E-state index < -0.39 is 0 Å². The molecule has 0 bridgehead atoms. The van der Waals surface area contributed by atoms with Crippen molar-refractivity contribution in [1.29, 1.82) is 0 Å². The second-order valence-electron chi connectivity index (χ2n) is 5.63. The number of hydrogen-bond donors (Lipinski definition) is 2. The number of rotatable bonds is 7. The number of carbonyl (C=O) groups is 1. The van der Waals surface area contributed by atoms with Crippen molar-refractivity contribution in [2.45, 2.75) is 43.8 Å². The van der Waals surface area contributed by atoms with Crippen LogP contribution >= 0.6 is 11.8 Å². The van der Waals surface area contributed by atoms with Crippen molar-refractivity contribution in [3.8, 4) is 11.5 Å². The average molecular weight is 364 g/mol. The summed E-state index contributed by atoms with van der Waals surface area (Å²) in [5.74, 6) is 1.28. The fourth-order valence-corrected chi connectivity index (χ4v) is 3.32. The molecule has 1 aliphatic rings. The summed E-state index contributed by atoms with van der Waals surface area (Å²) in [6.07, 6.45) is 0.817. The quantitative estimate of drug-likeness (QED) is 0.723. The number of hydrogen-bond acceptors (Lipinski definition) is 6. The fraction of sp³-hybridized carbons (Fsp3) is 0.438. The van der Waals surface area contributed by atoms with Gasteiger partial charge in [-0.3, -0.25) is 9.36 Å². The van der Waals surface area contributed by atoms with Gasteiger partial charge in [-0.1, -0.05) is 24.8 Å². The Labute approximate surface area is 148 Å². The van der Waals surface area contributed by atoms with Crippen molar-refractivity contribution in [1.82, 2.24) is 20.1 Å². The Balaban J connectivity index is 1.57. The van der Waals surface area contributed by atoms with E-state index in [1.165, 1.54) is 11.8 Å². The molecular formula is C16H20N4O4S. The molecule has 0 spiro atoms. The van der Waals surface area contributed by atoms with E-state index in [0.717, 1.165) is 12.0 Å². The second kappa shape index (κ2) is 7.64. The molecule has 2 aromatic rings. The van der Waals surface area contributed by atoms with Crippen LogP contribution in [0.1, 0.15) is 25.8 Å². The van der Waals surface area contributed by atoms with Gasteiger partial charge in [0.15, 0.2) is 16.7 Å². The van der Waals surface area contributed by atoms with Crippen molar-refractivity contribution in [3.05, 3.63) is 34.2 Å². The summed E-state index contributed by atoms with van der Waals surface area (Å²) in [4.78, 5) is 24.0. The lowest BCUT2D eigenvalue weighted by molar-refractivity contribution is -0.120. The Bertz CT molecular complexity index is 817. The van der Waals surface area contributed by atoms with Gasteiger partial charge in [0.1, 0.15) is 0 Å². The van der Waals surface area contributed by atoms with Gasteiger partial charge in [0.05, 0.1) is 5.25 Å². The third kappa shape index (κ3) is 3.98. The average Bonchev–Trinajstić information content (AvgIpc) is 3.20. The first-order chi connectivity index (χ1) is 12.1. The number of ether oxygens (including phenoxy) is 2. The summed E-state index contributed by atoms with van der Waals surface area (Å²) in [6, 6.07) is 5.57. The summed E-state index contributed by atoms with van der Waals surface area (Å²) in [6.45, 7) is 4.96. The van der Waals surface area contributed by atoms with Crippen LogP contribution in [0.4, 0.5) is 0 Å². The lowest BCUT2D eigenvalue weighted by atomic mass is 10.2. The minimum absolute atomic E-state index is 0.124. The molecule has 134 valence electrons. The van der Waals surface area contributed by atoms with Gasteiger partial charge in [-0.15, -0.1) is 5.10 Å². The van der Waals surface area contributed by atoms with E-state index >= 15 is 0 Å². The molecule has 2 N–H and O–H groups in total. The minimum atomic E-state index is -0.375. The zero-order chi connectivity index (χ0) is 17.8. The van der Waals surface area contributed by atoms with E-state index in [4.69, 9.17) is 9.47 Å².